The normalized spacial score (nSPS) is 35.2. The fourth-order valence-corrected chi connectivity index (χ4v) is 2.05. The zero-order valence-corrected chi connectivity index (χ0v) is 7.84. The molecule has 1 saturated carbocycles. The van der Waals surface area contributed by atoms with Gasteiger partial charge in [0.15, 0.2) is 0 Å². The monoisotopic (exact) mass is 155 g/mol. The fourth-order valence-electron chi connectivity index (χ4n) is 2.05. The highest BCUT2D eigenvalue weighted by Gasteiger charge is 2.21. The van der Waals surface area contributed by atoms with Crippen molar-refractivity contribution in [2.75, 3.05) is 6.54 Å². The van der Waals surface area contributed by atoms with Gasteiger partial charge in [-0.2, -0.15) is 0 Å². The maximum Gasteiger partial charge on any atom is -0.00489 e. The van der Waals surface area contributed by atoms with Crippen LogP contribution in [0.2, 0.25) is 0 Å². The average Bonchev–Trinajstić information content (AvgIpc) is 2.05. The van der Waals surface area contributed by atoms with E-state index in [1.165, 1.54) is 25.7 Å². The van der Waals surface area contributed by atoms with E-state index in [-0.39, 0.29) is 0 Å². The van der Waals surface area contributed by atoms with Crippen LogP contribution in [0.3, 0.4) is 0 Å². The second-order valence-corrected chi connectivity index (χ2v) is 4.23. The first-order valence-corrected chi connectivity index (χ1v) is 4.94. The van der Waals surface area contributed by atoms with Crippen LogP contribution in [-0.4, -0.2) is 6.54 Å². The molecule has 0 saturated heterocycles. The van der Waals surface area contributed by atoms with Crippen molar-refractivity contribution in [2.24, 2.45) is 23.5 Å². The molecule has 2 N–H and O–H groups in total. The van der Waals surface area contributed by atoms with Crippen molar-refractivity contribution in [1.29, 1.82) is 0 Å². The van der Waals surface area contributed by atoms with Gasteiger partial charge in [-0.25, -0.2) is 0 Å². The molecule has 11 heavy (non-hydrogen) atoms. The summed E-state index contributed by atoms with van der Waals surface area (Å²) < 4.78 is 0. The minimum atomic E-state index is 0.752. The van der Waals surface area contributed by atoms with Crippen LogP contribution in [0, 0.1) is 17.8 Å². The number of nitrogens with two attached hydrogens (primary N) is 1. The minimum absolute atomic E-state index is 0.752. The summed E-state index contributed by atoms with van der Waals surface area (Å²) in [6, 6.07) is 0. The molecular formula is C10H21N. The van der Waals surface area contributed by atoms with Crippen LogP contribution in [0.4, 0.5) is 0 Å². The summed E-state index contributed by atoms with van der Waals surface area (Å²) in [6.45, 7) is 5.53. The van der Waals surface area contributed by atoms with Gasteiger partial charge in [-0.05, 0) is 37.1 Å². The van der Waals surface area contributed by atoms with Crippen molar-refractivity contribution in [2.45, 2.75) is 39.5 Å². The Kier molecular flexibility index (Phi) is 3.38. The highest BCUT2D eigenvalue weighted by Crippen LogP contribution is 2.32. The molecule has 0 aromatic rings. The summed E-state index contributed by atoms with van der Waals surface area (Å²) in [5, 5.41) is 0. The average molecular weight is 155 g/mol. The molecule has 1 aliphatic carbocycles. The molecule has 0 aromatic carbocycles. The van der Waals surface area contributed by atoms with Gasteiger partial charge in [0.05, 0.1) is 0 Å². The number of hydrogen-bond acceptors (Lipinski definition) is 1. The molecule has 0 bridgehead atoms. The van der Waals surface area contributed by atoms with Gasteiger partial charge in [0.25, 0.3) is 0 Å². The van der Waals surface area contributed by atoms with E-state index in [9.17, 15) is 0 Å². The van der Waals surface area contributed by atoms with Crippen LogP contribution in [0.5, 0.6) is 0 Å². The molecule has 1 heteroatoms. The smallest absolute Gasteiger partial charge is 0.00489 e. The van der Waals surface area contributed by atoms with Crippen LogP contribution in [0.1, 0.15) is 39.5 Å². The third-order valence-corrected chi connectivity index (χ3v) is 3.24. The van der Waals surface area contributed by atoms with Gasteiger partial charge in [-0.3, -0.25) is 0 Å². The Morgan fingerprint density at radius 1 is 1.27 bits per heavy atom. The Hall–Kier alpha value is -0.0400. The van der Waals surface area contributed by atoms with E-state index in [1.807, 2.05) is 0 Å². The summed E-state index contributed by atoms with van der Waals surface area (Å²) in [7, 11) is 0. The molecule has 1 nitrogen and oxygen atoms in total. The predicted octanol–water partition coefficient (Wildman–Crippen LogP) is 2.41. The zero-order chi connectivity index (χ0) is 8.27. The third kappa shape index (κ3) is 2.48. The molecule has 0 amide bonds. The molecule has 1 fully saturated rings. The van der Waals surface area contributed by atoms with E-state index >= 15 is 0 Å². The first kappa shape index (κ1) is 9.05. The molecule has 1 atom stereocenters. The van der Waals surface area contributed by atoms with Crippen molar-refractivity contribution in [3.8, 4) is 0 Å². The van der Waals surface area contributed by atoms with Gasteiger partial charge in [0.2, 0.25) is 0 Å². The van der Waals surface area contributed by atoms with Crippen molar-refractivity contribution in [1.82, 2.24) is 0 Å². The van der Waals surface area contributed by atoms with Gasteiger partial charge < -0.3 is 5.73 Å². The van der Waals surface area contributed by atoms with Crippen molar-refractivity contribution in [3.05, 3.63) is 0 Å². The second-order valence-electron chi connectivity index (χ2n) is 4.23. The molecule has 0 radical (unpaired) electrons. The van der Waals surface area contributed by atoms with Crippen LogP contribution in [0.15, 0.2) is 0 Å². The molecule has 1 unspecified atom stereocenters. The summed E-state index contributed by atoms with van der Waals surface area (Å²) in [5.74, 6) is 2.65. The van der Waals surface area contributed by atoms with Crippen LogP contribution >= 0.6 is 0 Å². The van der Waals surface area contributed by atoms with Crippen LogP contribution < -0.4 is 5.73 Å². The Morgan fingerprint density at radius 3 is 2.27 bits per heavy atom. The Bertz CT molecular complexity index is 103. The summed E-state index contributed by atoms with van der Waals surface area (Å²) in [6.07, 6.45) is 5.68. The highest BCUT2D eigenvalue weighted by atomic mass is 14.5. The quantitative estimate of drug-likeness (QED) is 0.651. The van der Waals surface area contributed by atoms with Gasteiger partial charge in [-0.1, -0.05) is 26.7 Å². The number of hydrogen-bond donors (Lipinski definition) is 1. The van der Waals surface area contributed by atoms with Crippen LogP contribution in [0.25, 0.3) is 0 Å². The Morgan fingerprint density at radius 2 is 1.82 bits per heavy atom. The zero-order valence-electron chi connectivity index (χ0n) is 7.84. The lowest BCUT2D eigenvalue weighted by Gasteiger charge is -2.29. The topological polar surface area (TPSA) is 26.0 Å². The first-order valence-electron chi connectivity index (χ1n) is 4.94. The summed E-state index contributed by atoms with van der Waals surface area (Å²) in [5.41, 5.74) is 5.64. The maximum absolute atomic E-state index is 5.64. The standard InChI is InChI=1S/C10H21N/c1-8-3-5-10(6-4-8)9(2)7-11/h8-10H,3-7,11H2,1-2H3. The minimum Gasteiger partial charge on any atom is -0.330 e. The first-order chi connectivity index (χ1) is 5.24. The molecule has 0 aliphatic heterocycles. The second kappa shape index (κ2) is 4.10. The van der Waals surface area contributed by atoms with E-state index in [0.717, 1.165) is 24.3 Å². The van der Waals surface area contributed by atoms with Gasteiger partial charge in [0, 0.05) is 0 Å². The lowest BCUT2D eigenvalue weighted by Crippen LogP contribution is -2.24. The molecular weight excluding hydrogens is 134 g/mol. The molecule has 0 heterocycles. The van der Waals surface area contributed by atoms with Crippen molar-refractivity contribution >= 4 is 0 Å². The van der Waals surface area contributed by atoms with Gasteiger partial charge in [-0.15, -0.1) is 0 Å². The maximum atomic E-state index is 5.64. The highest BCUT2D eigenvalue weighted by molar-refractivity contribution is 4.74. The molecule has 0 aromatic heterocycles. The van der Waals surface area contributed by atoms with Gasteiger partial charge >= 0.3 is 0 Å². The van der Waals surface area contributed by atoms with Gasteiger partial charge in [0.1, 0.15) is 0 Å². The molecule has 66 valence electrons. The van der Waals surface area contributed by atoms with E-state index < -0.39 is 0 Å². The van der Waals surface area contributed by atoms with E-state index in [0.29, 0.717) is 0 Å². The van der Waals surface area contributed by atoms with Crippen molar-refractivity contribution < 1.29 is 0 Å². The summed E-state index contributed by atoms with van der Waals surface area (Å²) in [4.78, 5) is 0. The largest absolute Gasteiger partial charge is 0.330 e. The molecule has 1 rings (SSSR count). The van der Waals surface area contributed by atoms with E-state index in [2.05, 4.69) is 13.8 Å². The lowest BCUT2D eigenvalue weighted by molar-refractivity contribution is 0.227. The lowest BCUT2D eigenvalue weighted by atomic mass is 9.77. The fraction of sp³-hybridized carbons (Fsp3) is 1.00. The Balaban J connectivity index is 2.27. The van der Waals surface area contributed by atoms with Crippen molar-refractivity contribution in [3.63, 3.8) is 0 Å². The SMILES string of the molecule is CC1CCC(C(C)CN)CC1. The van der Waals surface area contributed by atoms with E-state index in [4.69, 9.17) is 5.73 Å². The van der Waals surface area contributed by atoms with E-state index in [1.54, 1.807) is 0 Å². The summed E-state index contributed by atoms with van der Waals surface area (Å²) >= 11 is 0. The number of rotatable bonds is 2. The van der Waals surface area contributed by atoms with Crippen LogP contribution in [-0.2, 0) is 0 Å². The third-order valence-electron chi connectivity index (χ3n) is 3.24. The molecule has 1 aliphatic rings. The predicted molar refractivity (Wildman–Crippen MR) is 49.3 cm³/mol. The Labute approximate surface area is 70.4 Å². The molecule has 0 spiro atoms.